The minimum Gasteiger partial charge on any atom is -0.387 e. The second-order valence-electron chi connectivity index (χ2n) is 6.00. The molecular formula is C14H28O9S. The van der Waals surface area contributed by atoms with Crippen LogP contribution in [0.5, 0.6) is 0 Å². The lowest BCUT2D eigenvalue weighted by Crippen LogP contribution is -2.59. The molecule has 0 bridgehead atoms. The summed E-state index contributed by atoms with van der Waals surface area (Å²) in [5.74, 6) is 0.271. The molecule has 5 atom stereocenters. The molecule has 1 aliphatic rings. The molecule has 0 aromatic rings. The third kappa shape index (κ3) is 6.89. The Morgan fingerprint density at radius 3 is 2.12 bits per heavy atom. The van der Waals surface area contributed by atoms with Gasteiger partial charge < -0.3 is 24.8 Å². The van der Waals surface area contributed by atoms with Gasteiger partial charge in [-0.1, -0.05) is 26.7 Å². The maximum absolute atomic E-state index is 10.6. The molecule has 24 heavy (non-hydrogen) atoms. The minimum absolute atomic E-state index is 0.271. The average Bonchev–Trinajstić information content (AvgIpc) is 2.50. The molecule has 9 nitrogen and oxygen atoms in total. The van der Waals surface area contributed by atoms with Crippen LogP contribution < -0.4 is 0 Å². The van der Waals surface area contributed by atoms with E-state index in [0.717, 1.165) is 25.7 Å². The fraction of sp³-hybridized carbons (Fsp3) is 1.00. The normalized spacial score (nSPS) is 31.5. The Morgan fingerprint density at radius 1 is 1.04 bits per heavy atom. The Labute approximate surface area is 142 Å². The van der Waals surface area contributed by atoms with Crippen molar-refractivity contribution in [3.8, 4) is 0 Å². The van der Waals surface area contributed by atoms with Crippen LogP contribution in [0.15, 0.2) is 0 Å². The maximum atomic E-state index is 10.6. The second kappa shape index (κ2) is 9.97. The summed E-state index contributed by atoms with van der Waals surface area (Å²) in [6.45, 7) is 3.70. The third-order valence-electron chi connectivity index (χ3n) is 3.94. The quantitative estimate of drug-likeness (QED) is 0.385. The molecule has 1 fully saturated rings. The van der Waals surface area contributed by atoms with E-state index in [2.05, 4.69) is 18.0 Å². The molecule has 0 aromatic heterocycles. The molecule has 0 amide bonds. The van der Waals surface area contributed by atoms with Gasteiger partial charge in [-0.15, -0.1) is 0 Å². The van der Waals surface area contributed by atoms with Gasteiger partial charge in [0.25, 0.3) is 0 Å². The number of hydrogen-bond acceptors (Lipinski definition) is 8. The van der Waals surface area contributed by atoms with Crippen LogP contribution in [0.25, 0.3) is 0 Å². The number of aliphatic hydroxyl groups excluding tert-OH is 3. The van der Waals surface area contributed by atoms with Crippen LogP contribution in [-0.4, -0.2) is 72.2 Å². The highest BCUT2D eigenvalue weighted by Gasteiger charge is 2.44. The Hall–Kier alpha value is -0.330. The first-order valence-electron chi connectivity index (χ1n) is 8.12. The summed E-state index contributed by atoms with van der Waals surface area (Å²) < 4.78 is 44.8. The van der Waals surface area contributed by atoms with E-state index in [0.29, 0.717) is 6.61 Å². The summed E-state index contributed by atoms with van der Waals surface area (Å²) in [5, 5.41) is 29.6. The van der Waals surface area contributed by atoms with E-state index in [4.69, 9.17) is 14.0 Å². The van der Waals surface area contributed by atoms with Crippen molar-refractivity contribution in [3.63, 3.8) is 0 Å². The van der Waals surface area contributed by atoms with E-state index in [-0.39, 0.29) is 5.92 Å². The summed E-state index contributed by atoms with van der Waals surface area (Å²) in [7, 11) is -4.71. The fourth-order valence-electron chi connectivity index (χ4n) is 2.70. The molecule has 10 heteroatoms. The molecule has 0 aromatic carbocycles. The SMILES string of the molecule is CCCC(CCC)CO[C@H]1O[C@H](COS(=O)(=O)O)[C@H](O)[C@H](O)[C@H]1O. The molecule has 1 saturated heterocycles. The van der Waals surface area contributed by atoms with Crippen LogP contribution in [0.3, 0.4) is 0 Å². The lowest BCUT2D eigenvalue weighted by molar-refractivity contribution is -0.302. The molecule has 1 heterocycles. The van der Waals surface area contributed by atoms with Gasteiger partial charge in [0.05, 0.1) is 13.2 Å². The van der Waals surface area contributed by atoms with E-state index in [1.165, 1.54) is 0 Å². The van der Waals surface area contributed by atoms with Gasteiger partial charge in [-0.2, -0.15) is 8.42 Å². The lowest BCUT2D eigenvalue weighted by Gasteiger charge is -2.40. The molecule has 0 saturated carbocycles. The molecule has 0 aliphatic carbocycles. The highest BCUT2D eigenvalue weighted by molar-refractivity contribution is 7.80. The predicted molar refractivity (Wildman–Crippen MR) is 83.4 cm³/mol. The van der Waals surface area contributed by atoms with Gasteiger partial charge >= 0.3 is 10.4 Å². The van der Waals surface area contributed by atoms with Crippen LogP contribution in [0, 0.1) is 5.92 Å². The molecule has 0 spiro atoms. The van der Waals surface area contributed by atoms with Crippen molar-refractivity contribution in [2.45, 2.75) is 70.2 Å². The highest BCUT2D eigenvalue weighted by atomic mass is 32.3. The van der Waals surface area contributed by atoms with Crippen molar-refractivity contribution in [1.82, 2.24) is 0 Å². The molecule has 4 N–H and O–H groups in total. The topological polar surface area (TPSA) is 143 Å². The van der Waals surface area contributed by atoms with Crippen LogP contribution >= 0.6 is 0 Å². The predicted octanol–water partition coefficient (Wildman–Crippen LogP) is -0.154. The number of rotatable bonds is 10. The zero-order chi connectivity index (χ0) is 18.3. The van der Waals surface area contributed by atoms with E-state index >= 15 is 0 Å². The Kier molecular flexibility index (Phi) is 9.02. The van der Waals surface area contributed by atoms with Crippen LogP contribution in [0.2, 0.25) is 0 Å². The van der Waals surface area contributed by atoms with E-state index in [1.807, 2.05) is 0 Å². The van der Waals surface area contributed by atoms with Crippen molar-refractivity contribution >= 4 is 10.4 Å². The Balaban J connectivity index is 2.64. The van der Waals surface area contributed by atoms with Gasteiger partial charge in [0, 0.05) is 0 Å². The highest BCUT2D eigenvalue weighted by Crippen LogP contribution is 2.24. The first kappa shape index (κ1) is 21.7. The van der Waals surface area contributed by atoms with E-state index in [1.54, 1.807) is 0 Å². The summed E-state index contributed by atoms with van der Waals surface area (Å²) in [6, 6.07) is 0. The fourth-order valence-corrected chi connectivity index (χ4v) is 3.01. The van der Waals surface area contributed by atoms with Gasteiger partial charge in [-0.25, -0.2) is 4.18 Å². The van der Waals surface area contributed by atoms with Crippen LogP contribution in [0.4, 0.5) is 0 Å². The van der Waals surface area contributed by atoms with Gasteiger partial charge in [0.1, 0.15) is 24.4 Å². The van der Waals surface area contributed by atoms with Crippen LogP contribution in [-0.2, 0) is 24.1 Å². The zero-order valence-corrected chi connectivity index (χ0v) is 14.8. The van der Waals surface area contributed by atoms with Crippen molar-refractivity contribution < 1.29 is 41.9 Å². The van der Waals surface area contributed by atoms with Crippen molar-refractivity contribution in [1.29, 1.82) is 0 Å². The molecule has 0 radical (unpaired) electrons. The van der Waals surface area contributed by atoms with E-state index < -0.39 is 47.7 Å². The van der Waals surface area contributed by atoms with Gasteiger partial charge in [0.2, 0.25) is 0 Å². The van der Waals surface area contributed by atoms with Gasteiger partial charge in [-0.05, 0) is 18.8 Å². The minimum atomic E-state index is -4.71. The standard InChI is InChI=1S/C14H28O9S/c1-3-5-9(6-4-2)7-21-14-13(17)12(16)11(15)10(23-14)8-22-24(18,19)20/h9-17H,3-8H2,1-2H3,(H,18,19,20)/t10-,11+,12+,13-,14+/m1/s1. The molecule has 1 aliphatic heterocycles. The van der Waals surface area contributed by atoms with Gasteiger partial charge in [0.15, 0.2) is 6.29 Å². The molecule has 144 valence electrons. The maximum Gasteiger partial charge on any atom is 0.397 e. The second-order valence-corrected chi connectivity index (χ2v) is 7.09. The summed E-state index contributed by atoms with van der Waals surface area (Å²) in [6.07, 6.45) is -3.30. The molecule has 1 rings (SSSR count). The van der Waals surface area contributed by atoms with Crippen LogP contribution in [0.1, 0.15) is 39.5 Å². The zero-order valence-electron chi connectivity index (χ0n) is 13.9. The van der Waals surface area contributed by atoms with Gasteiger partial charge in [-0.3, -0.25) is 4.55 Å². The van der Waals surface area contributed by atoms with E-state index in [9.17, 15) is 23.7 Å². The Bertz CT molecular complexity index is 449. The summed E-state index contributed by atoms with van der Waals surface area (Å²) in [5.41, 5.74) is 0. The Morgan fingerprint density at radius 2 is 1.62 bits per heavy atom. The number of ether oxygens (including phenoxy) is 2. The smallest absolute Gasteiger partial charge is 0.387 e. The number of hydrogen-bond donors (Lipinski definition) is 4. The average molecular weight is 372 g/mol. The monoisotopic (exact) mass is 372 g/mol. The molecule has 0 unspecified atom stereocenters. The van der Waals surface area contributed by atoms with Crippen molar-refractivity contribution in [2.24, 2.45) is 5.92 Å². The van der Waals surface area contributed by atoms with Crippen molar-refractivity contribution in [2.75, 3.05) is 13.2 Å². The summed E-state index contributed by atoms with van der Waals surface area (Å²) >= 11 is 0. The number of aliphatic hydroxyl groups is 3. The summed E-state index contributed by atoms with van der Waals surface area (Å²) in [4.78, 5) is 0. The lowest BCUT2D eigenvalue weighted by atomic mass is 9.98. The van der Waals surface area contributed by atoms with Crippen molar-refractivity contribution in [3.05, 3.63) is 0 Å². The third-order valence-corrected chi connectivity index (χ3v) is 4.37. The first-order valence-corrected chi connectivity index (χ1v) is 9.49. The largest absolute Gasteiger partial charge is 0.397 e. The first-order chi connectivity index (χ1) is 11.2. The molecular weight excluding hydrogens is 344 g/mol.